The van der Waals surface area contributed by atoms with Crippen molar-refractivity contribution < 1.29 is 14.0 Å². The third-order valence-electron chi connectivity index (χ3n) is 6.25. The van der Waals surface area contributed by atoms with Crippen molar-refractivity contribution in [2.24, 2.45) is 0 Å². The van der Waals surface area contributed by atoms with Gasteiger partial charge in [-0.05, 0) is 43.0 Å². The molecule has 0 heterocycles. The maximum atomic E-state index is 14.7. The van der Waals surface area contributed by atoms with Crippen LogP contribution in [0.3, 0.4) is 0 Å². The number of nitrogens with one attached hydrogen (secondary N) is 1. The van der Waals surface area contributed by atoms with Crippen LogP contribution in [0.25, 0.3) is 0 Å². The van der Waals surface area contributed by atoms with Gasteiger partial charge >= 0.3 is 0 Å². The van der Waals surface area contributed by atoms with Crippen LogP contribution >= 0.6 is 0 Å². The Morgan fingerprint density at radius 3 is 2.37 bits per heavy atom. The second-order valence-corrected chi connectivity index (χ2v) is 9.07. The Bertz CT molecular complexity index is 1130. The first-order chi connectivity index (χ1) is 16.9. The zero-order valence-corrected chi connectivity index (χ0v) is 20.9. The molecule has 0 aliphatic rings. The second kappa shape index (κ2) is 12.8. The highest BCUT2D eigenvalue weighted by atomic mass is 19.1. The van der Waals surface area contributed by atoms with Gasteiger partial charge in [-0.3, -0.25) is 9.59 Å². The summed E-state index contributed by atoms with van der Waals surface area (Å²) < 4.78 is 14.7. The van der Waals surface area contributed by atoms with Crippen LogP contribution in [0.15, 0.2) is 72.8 Å². The van der Waals surface area contributed by atoms with Crippen LogP contribution in [0.5, 0.6) is 0 Å². The first kappa shape index (κ1) is 26.1. The fourth-order valence-corrected chi connectivity index (χ4v) is 4.13. The van der Waals surface area contributed by atoms with E-state index in [9.17, 15) is 14.0 Å². The lowest BCUT2D eigenvalue weighted by atomic mass is 9.99. The van der Waals surface area contributed by atoms with Crippen molar-refractivity contribution in [1.82, 2.24) is 10.2 Å². The lowest BCUT2D eigenvalue weighted by Crippen LogP contribution is -2.51. The van der Waals surface area contributed by atoms with Gasteiger partial charge in [-0.15, -0.1) is 0 Å². The molecule has 0 aliphatic heterocycles. The molecule has 1 N–H and O–H groups in total. The summed E-state index contributed by atoms with van der Waals surface area (Å²) in [5.41, 5.74) is 4.33. The number of unbranched alkanes of at least 4 members (excludes halogenated alkanes) is 1. The van der Waals surface area contributed by atoms with E-state index in [0.29, 0.717) is 18.5 Å². The molecule has 184 valence electrons. The Kier molecular flexibility index (Phi) is 9.59. The van der Waals surface area contributed by atoms with Crippen molar-refractivity contribution in [2.75, 3.05) is 6.54 Å². The van der Waals surface area contributed by atoms with Crippen LogP contribution in [0, 0.1) is 19.7 Å². The monoisotopic (exact) mass is 474 g/mol. The van der Waals surface area contributed by atoms with Gasteiger partial charge in [0.2, 0.25) is 11.8 Å². The molecule has 0 aromatic heterocycles. The Morgan fingerprint density at radius 2 is 1.66 bits per heavy atom. The van der Waals surface area contributed by atoms with E-state index in [1.807, 2.05) is 62.4 Å². The summed E-state index contributed by atoms with van der Waals surface area (Å²) in [7, 11) is 0. The number of aryl methyl sites for hydroxylation is 2. The molecule has 1 unspecified atom stereocenters. The lowest BCUT2D eigenvalue weighted by molar-refractivity contribution is -0.140. The number of rotatable bonds is 11. The number of carbonyl (C=O) groups excluding carboxylic acids is 2. The standard InChI is InChI=1S/C30H35FN2O2/c1-4-5-17-32-30(35)28(19-24-11-7-6-8-12-24)33(21-25-13-9-10-14-27(25)31)29(34)20-26-18-22(2)15-16-23(26)3/h6-16,18,28H,4-5,17,19-21H2,1-3H3,(H,32,35). The van der Waals surface area contributed by atoms with Crippen molar-refractivity contribution in [3.05, 3.63) is 106 Å². The van der Waals surface area contributed by atoms with Gasteiger partial charge in [-0.2, -0.15) is 0 Å². The lowest BCUT2D eigenvalue weighted by Gasteiger charge is -2.32. The molecule has 0 saturated carbocycles. The molecular formula is C30H35FN2O2. The van der Waals surface area contributed by atoms with E-state index in [1.54, 1.807) is 23.1 Å². The molecule has 0 aliphatic carbocycles. The fourth-order valence-electron chi connectivity index (χ4n) is 4.13. The minimum atomic E-state index is -0.758. The first-order valence-corrected chi connectivity index (χ1v) is 12.3. The molecule has 1 atom stereocenters. The van der Waals surface area contributed by atoms with Crippen LogP contribution in [0.2, 0.25) is 0 Å². The predicted molar refractivity (Wildman–Crippen MR) is 138 cm³/mol. The normalized spacial score (nSPS) is 11.7. The number of halogens is 1. The topological polar surface area (TPSA) is 49.4 Å². The Balaban J connectivity index is 1.98. The number of carbonyl (C=O) groups is 2. The molecule has 2 amide bonds. The molecule has 3 rings (SSSR count). The minimum absolute atomic E-state index is 0.0229. The average Bonchev–Trinajstić information content (AvgIpc) is 2.85. The maximum Gasteiger partial charge on any atom is 0.243 e. The van der Waals surface area contributed by atoms with Crippen molar-refractivity contribution in [1.29, 1.82) is 0 Å². The Morgan fingerprint density at radius 1 is 0.943 bits per heavy atom. The molecule has 0 saturated heterocycles. The van der Waals surface area contributed by atoms with Crippen molar-refractivity contribution in [3.8, 4) is 0 Å². The fraction of sp³-hybridized carbons (Fsp3) is 0.333. The number of benzene rings is 3. The molecule has 0 radical (unpaired) electrons. The Labute approximate surface area is 208 Å². The van der Waals surface area contributed by atoms with E-state index >= 15 is 0 Å². The number of amides is 2. The highest BCUT2D eigenvalue weighted by Crippen LogP contribution is 2.19. The third-order valence-corrected chi connectivity index (χ3v) is 6.25. The molecular weight excluding hydrogens is 439 g/mol. The number of hydrogen-bond donors (Lipinski definition) is 1. The van der Waals surface area contributed by atoms with E-state index in [1.165, 1.54) is 6.07 Å². The number of nitrogens with zero attached hydrogens (tertiary/aromatic N) is 1. The van der Waals surface area contributed by atoms with E-state index in [-0.39, 0.29) is 30.6 Å². The Hall–Kier alpha value is -3.47. The van der Waals surface area contributed by atoms with Gasteiger partial charge in [-0.25, -0.2) is 4.39 Å². The minimum Gasteiger partial charge on any atom is -0.354 e. The van der Waals surface area contributed by atoms with E-state index < -0.39 is 6.04 Å². The summed E-state index contributed by atoms with van der Waals surface area (Å²) in [5.74, 6) is -0.802. The van der Waals surface area contributed by atoms with Crippen LogP contribution in [-0.4, -0.2) is 29.3 Å². The second-order valence-electron chi connectivity index (χ2n) is 9.07. The van der Waals surface area contributed by atoms with Gasteiger partial charge in [0, 0.05) is 25.1 Å². The summed E-state index contributed by atoms with van der Waals surface area (Å²) in [4.78, 5) is 28.7. The summed E-state index contributed by atoms with van der Waals surface area (Å²) in [6.45, 7) is 6.59. The first-order valence-electron chi connectivity index (χ1n) is 12.3. The molecule has 5 heteroatoms. The van der Waals surface area contributed by atoms with Crippen LogP contribution in [0.4, 0.5) is 4.39 Å². The quantitative estimate of drug-likeness (QED) is 0.371. The molecule has 4 nitrogen and oxygen atoms in total. The maximum absolute atomic E-state index is 14.7. The molecule has 0 spiro atoms. The number of hydrogen-bond acceptors (Lipinski definition) is 2. The van der Waals surface area contributed by atoms with Crippen molar-refractivity contribution in [3.63, 3.8) is 0 Å². The summed E-state index contributed by atoms with van der Waals surface area (Å²) >= 11 is 0. The predicted octanol–water partition coefficient (Wildman–Crippen LogP) is 5.54. The zero-order chi connectivity index (χ0) is 25.2. The highest BCUT2D eigenvalue weighted by molar-refractivity contribution is 5.89. The van der Waals surface area contributed by atoms with E-state index in [4.69, 9.17) is 0 Å². The SMILES string of the molecule is CCCCNC(=O)C(Cc1ccccc1)N(Cc1ccccc1F)C(=O)Cc1cc(C)ccc1C. The average molecular weight is 475 g/mol. The van der Waals surface area contributed by atoms with Crippen molar-refractivity contribution in [2.45, 2.75) is 59.0 Å². The smallest absolute Gasteiger partial charge is 0.243 e. The molecule has 3 aromatic carbocycles. The van der Waals surface area contributed by atoms with Crippen molar-refractivity contribution >= 4 is 11.8 Å². The van der Waals surface area contributed by atoms with Crippen LogP contribution in [0.1, 0.15) is 47.6 Å². The van der Waals surface area contributed by atoms with Gasteiger partial charge < -0.3 is 10.2 Å². The van der Waals surface area contributed by atoms with Gasteiger partial charge in [0.15, 0.2) is 0 Å². The van der Waals surface area contributed by atoms with E-state index in [0.717, 1.165) is 35.1 Å². The van der Waals surface area contributed by atoms with Gasteiger partial charge in [0.25, 0.3) is 0 Å². The van der Waals surface area contributed by atoms with Gasteiger partial charge in [0.1, 0.15) is 11.9 Å². The third kappa shape index (κ3) is 7.51. The zero-order valence-electron chi connectivity index (χ0n) is 20.9. The largest absolute Gasteiger partial charge is 0.354 e. The molecule has 0 fully saturated rings. The summed E-state index contributed by atoms with van der Waals surface area (Å²) in [6, 6.07) is 21.3. The molecule has 3 aromatic rings. The van der Waals surface area contributed by atoms with Gasteiger partial charge in [0.05, 0.1) is 6.42 Å². The highest BCUT2D eigenvalue weighted by Gasteiger charge is 2.31. The molecule has 35 heavy (non-hydrogen) atoms. The summed E-state index contributed by atoms with van der Waals surface area (Å²) in [6.07, 6.45) is 2.31. The van der Waals surface area contributed by atoms with Crippen LogP contribution in [-0.2, 0) is 29.0 Å². The molecule has 0 bridgehead atoms. The summed E-state index contributed by atoms with van der Waals surface area (Å²) in [5, 5.41) is 3.00. The van der Waals surface area contributed by atoms with E-state index in [2.05, 4.69) is 12.2 Å². The van der Waals surface area contributed by atoms with Crippen LogP contribution < -0.4 is 5.32 Å². The van der Waals surface area contributed by atoms with Gasteiger partial charge in [-0.1, -0.05) is 85.6 Å².